The molecule has 466 valence electrons. The van der Waals surface area contributed by atoms with Crippen LogP contribution in [0.2, 0.25) is 0 Å². The molecule has 0 saturated carbocycles. The summed E-state index contributed by atoms with van der Waals surface area (Å²) >= 11 is 0. The summed E-state index contributed by atoms with van der Waals surface area (Å²) in [6.07, 6.45) is 90.5. The highest BCUT2D eigenvalue weighted by Crippen LogP contribution is 2.43. The van der Waals surface area contributed by atoms with Crippen LogP contribution < -0.4 is 5.73 Å². The molecule has 81 heavy (non-hydrogen) atoms. The van der Waals surface area contributed by atoms with Crippen LogP contribution in [0.5, 0.6) is 0 Å². The van der Waals surface area contributed by atoms with E-state index in [2.05, 4.69) is 123 Å². The lowest BCUT2D eigenvalue weighted by Gasteiger charge is -2.19. The molecule has 0 spiro atoms. The van der Waals surface area contributed by atoms with E-state index in [4.69, 9.17) is 24.3 Å². The third-order valence-corrected chi connectivity index (χ3v) is 15.1. The SMILES string of the molecule is CC/C=C\C/C=C\C/C=C\C/C=C\C/C=C\CCCCCCCC(=O)OC(COC(=O)CCCCCCCCCCCCCCCCCCCCCCCCCCCC/C=C\C/C=C\C/C=C\C/C=C\CC)COP(=O)(O)OCCN. The van der Waals surface area contributed by atoms with Crippen LogP contribution >= 0.6 is 7.82 Å². The van der Waals surface area contributed by atoms with Gasteiger partial charge in [0.1, 0.15) is 6.61 Å². The first-order valence-corrected chi connectivity index (χ1v) is 34.9. The van der Waals surface area contributed by atoms with Gasteiger partial charge in [-0.3, -0.25) is 18.6 Å². The Balaban J connectivity index is 3.82. The fraction of sp³-hybridized carbons (Fsp3) is 0.718. The van der Waals surface area contributed by atoms with E-state index in [9.17, 15) is 19.0 Å². The van der Waals surface area contributed by atoms with Crippen LogP contribution in [0.3, 0.4) is 0 Å². The lowest BCUT2D eigenvalue weighted by Crippen LogP contribution is -2.29. The first-order valence-electron chi connectivity index (χ1n) is 33.4. The minimum atomic E-state index is -4.40. The van der Waals surface area contributed by atoms with Gasteiger partial charge in [0.05, 0.1) is 13.2 Å². The van der Waals surface area contributed by atoms with E-state index in [1.54, 1.807) is 0 Å². The molecular weight excluding hydrogens is 1030 g/mol. The largest absolute Gasteiger partial charge is 0.472 e. The van der Waals surface area contributed by atoms with Gasteiger partial charge >= 0.3 is 19.8 Å². The van der Waals surface area contributed by atoms with Gasteiger partial charge in [-0.05, 0) is 96.3 Å². The highest BCUT2D eigenvalue weighted by Gasteiger charge is 2.26. The topological polar surface area (TPSA) is 134 Å². The minimum Gasteiger partial charge on any atom is -0.462 e. The van der Waals surface area contributed by atoms with Crippen molar-refractivity contribution in [2.45, 2.75) is 302 Å². The monoisotopic (exact) mass is 1150 g/mol. The Bertz CT molecular complexity index is 1690. The van der Waals surface area contributed by atoms with Crippen molar-refractivity contribution in [1.29, 1.82) is 0 Å². The maximum Gasteiger partial charge on any atom is 0.472 e. The quantitative estimate of drug-likeness (QED) is 0.0264. The number of carbonyl (C=O) groups excluding carboxylic acids is 2. The minimum absolute atomic E-state index is 0.0466. The number of carbonyl (C=O) groups is 2. The number of nitrogens with two attached hydrogens (primary N) is 1. The van der Waals surface area contributed by atoms with Crippen molar-refractivity contribution in [2.24, 2.45) is 5.73 Å². The molecule has 0 radical (unpaired) electrons. The average Bonchev–Trinajstić information content (AvgIpc) is 3.46. The number of hydrogen-bond acceptors (Lipinski definition) is 8. The van der Waals surface area contributed by atoms with E-state index in [0.29, 0.717) is 6.42 Å². The molecule has 0 aliphatic carbocycles. The second kappa shape index (κ2) is 65.8. The Hall–Kier alpha value is -3.33. The molecule has 0 amide bonds. The van der Waals surface area contributed by atoms with Crippen molar-refractivity contribution < 1.29 is 37.6 Å². The van der Waals surface area contributed by atoms with Crippen molar-refractivity contribution in [3.8, 4) is 0 Å². The third-order valence-electron chi connectivity index (χ3n) is 14.2. The normalized spacial score (nSPS) is 13.7. The molecule has 0 heterocycles. The lowest BCUT2D eigenvalue weighted by atomic mass is 10.0. The molecule has 3 N–H and O–H groups in total. The molecule has 0 aliphatic rings. The van der Waals surface area contributed by atoms with Crippen molar-refractivity contribution in [1.82, 2.24) is 0 Å². The van der Waals surface area contributed by atoms with Gasteiger partial charge in [0.2, 0.25) is 0 Å². The van der Waals surface area contributed by atoms with Crippen molar-refractivity contribution >= 4 is 19.8 Å². The molecule has 10 heteroatoms. The summed E-state index contributed by atoms with van der Waals surface area (Å²) in [7, 11) is -4.40. The molecule has 2 unspecified atom stereocenters. The standard InChI is InChI=1S/C71H124NO8P/c1-3-5-7-9-11-13-15-17-19-21-23-25-26-27-28-29-30-31-32-33-34-35-36-37-38-39-40-41-42-44-45-47-49-51-53-55-57-59-61-63-70(73)77-67-69(68-79-81(75,76)78-66-65-72)80-71(74)64-62-60-58-56-54-52-50-48-46-43-24-22-20-18-16-14-12-10-8-6-4-2/h5-8,11-14,17-20,23-25,43,48,50,69H,3-4,9-10,15-16,21-22,26-42,44-47,49,51-68,72H2,1-2H3,(H,75,76)/b7-5-,8-6-,13-11-,14-12-,19-17-,20-18-,25-23-,43-24-,50-48-. The van der Waals surface area contributed by atoms with Gasteiger partial charge in [0.25, 0.3) is 0 Å². The summed E-state index contributed by atoms with van der Waals surface area (Å²) in [4.78, 5) is 35.3. The number of esters is 2. The van der Waals surface area contributed by atoms with Gasteiger partial charge < -0.3 is 20.1 Å². The highest BCUT2D eigenvalue weighted by atomic mass is 31.2. The highest BCUT2D eigenvalue weighted by molar-refractivity contribution is 7.47. The number of ether oxygens (including phenoxy) is 2. The Morgan fingerprint density at radius 2 is 0.642 bits per heavy atom. The first kappa shape index (κ1) is 77.7. The molecule has 0 bridgehead atoms. The van der Waals surface area contributed by atoms with E-state index in [0.717, 1.165) is 109 Å². The number of rotatable bonds is 62. The Morgan fingerprint density at radius 1 is 0.370 bits per heavy atom. The molecule has 9 nitrogen and oxygen atoms in total. The number of hydrogen-bond donors (Lipinski definition) is 2. The van der Waals surface area contributed by atoms with E-state index in [1.165, 1.54) is 154 Å². The molecular formula is C71H124NO8P. The van der Waals surface area contributed by atoms with E-state index in [1.807, 2.05) is 0 Å². The van der Waals surface area contributed by atoms with E-state index in [-0.39, 0.29) is 38.6 Å². The molecule has 2 atom stereocenters. The summed E-state index contributed by atoms with van der Waals surface area (Å²) < 4.78 is 33.1. The predicted molar refractivity (Wildman–Crippen MR) is 348 cm³/mol. The predicted octanol–water partition coefficient (Wildman–Crippen LogP) is 21.7. The molecule has 0 aromatic carbocycles. The lowest BCUT2D eigenvalue weighted by molar-refractivity contribution is -0.161. The summed E-state index contributed by atoms with van der Waals surface area (Å²) in [5.74, 6) is -0.844. The number of unbranched alkanes of at least 4 members (excludes halogenated alkanes) is 31. The number of phosphoric ester groups is 1. The van der Waals surface area contributed by atoms with Crippen LogP contribution in [0.4, 0.5) is 0 Å². The number of allylic oxidation sites excluding steroid dienone is 18. The van der Waals surface area contributed by atoms with Crippen LogP contribution in [0.15, 0.2) is 109 Å². The molecule has 0 aliphatic heterocycles. The third kappa shape index (κ3) is 65.7. The van der Waals surface area contributed by atoms with E-state index < -0.39 is 26.5 Å². The summed E-state index contributed by atoms with van der Waals surface area (Å²) in [6, 6.07) is 0. The molecule has 0 fully saturated rings. The number of phosphoric acid groups is 1. The van der Waals surface area contributed by atoms with Gasteiger partial charge in [0, 0.05) is 19.4 Å². The van der Waals surface area contributed by atoms with E-state index >= 15 is 0 Å². The van der Waals surface area contributed by atoms with Gasteiger partial charge in [-0.1, -0.05) is 297 Å². The molecule has 0 rings (SSSR count). The van der Waals surface area contributed by atoms with Gasteiger partial charge in [0.15, 0.2) is 6.10 Å². The second-order valence-electron chi connectivity index (χ2n) is 21.9. The van der Waals surface area contributed by atoms with Crippen LogP contribution in [0.25, 0.3) is 0 Å². The van der Waals surface area contributed by atoms with Crippen LogP contribution in [-0.4, -0.2) is 49.3 Å². The second-order valence-corrected chi connectivity index (χ2v) is 23.4. The van der Waals surface area contributed by atoms with Crippen molar-refractivity contribution in [3.05, 3.63) is 109 Å². The zero-order chi connectivity index (χ0) is 58.7. The first-order chi connectivity index (χ1) is 39.8. The van der Waals surface area contributed by atoms with Gasteiger partial charge in [-0.15, -0.1) is 0 Å². The van der Waals surface area contributed by atoms with Gasteiger partial charge in [-0.2, -0.15) is 0 Å². The maximum atomic E-state index is 12.7. The average molecular weight is 1150 g/mol. The summed E-state index contributed by atoms with van der Waals surface area (Å²) in [5, 5.41) is 0. The maximum absolute atomic E-state index is 12.7. The fourth-order valence-corrected chi connectivity index (χ4v) is 10.1. The van der Waals surface area contributed by atoms with Crippen LogP contribution in [-0.2, 0) is 32.7 Å². The summed E-state index contributed by atoms with van der Waals surface area (Å²) in [6.45, 7) is 3.51. The van der Waals surface area contributed by atoms with Crippen LogP contribution in [0.1, 0.15) is 296 Å². The van der Waals surface area contributed by atoms with Crippen LogP contribution in [0, 0.1) is 0 Å². The zero-order valence-corrected chi connectivity index (χ0v) is 53.1. The summed E-state index contributed by atoms with van der Waals surface area (Å²) in [5.41, 5.74) is 5.39. The molecule has 0 aromatic heterocycles. The zero-order valence-electron chi connectivity index (χ0n) is 52.2. The van der Waals surface area contributed by atoms with Gasteiger partial charge in [-0.25, -0.2) is 4.57 Å². The smallest absolute Gasteiger partial charge is 0.462 e. The van der Waals surface area contributed by atoms with Crippen molar-refractivity contribution in [3.63, 3.8) is 0 Å². The van der Waals surface area contributed by atoms with Crippen molar-refractivity contribution in [2.75, 3.05) is 26.4 Å². The Kier molecular flexibility index (Phi) is 63.1. The molecule has 0 aromatic rings. The molecule has 0 saturated heterocycles. The fourth-order valence-electron chi connectivity index (χ4n) is 9.30. The Morgan fingerprint density at radius 3 is 0.951 bits per heavy atom. The Labute approximate surface area is 499 Å².